The van der Waals surface area contributed by atoms with Crippen molar-refractivity contribution in [3.8, 4) is 0 Å². The van der Waals surface area contributed by atoms with Gasteiger partial charge in [0.2, 0.25) is 11.9 Å². The van der Waals surface area contributed by atoms with E-state index in [9.17, 15) is 18.0 Å². The van der Waals surface area contributed by atoms with E-state index < -0.39 is 28.1 Å². The standard InChI is InChI=1S/C21H21N5O5S/c1-15(24-21(28)31-14-16-6-3-2-4-7-16)19(27)25-17-8-10-18(11-9-17)32(29,30)26-20-22-12-5-13-23-20/h2-13,15H,14H2,1H3,(H,24,28)(H,25,27)(H,22,23,26)/t15-/m0/s1. The Kier molecular flexibility index (Phi) is 7.34. The molecule has 0 aliphatic carbocycles. The highest BCUT2D eigenvalue weighted by Crippen LogP contribution is 2.16. The topological polar surface area (TPSA) is 139 Å². The SMILES string of the molecule is C[C@H](NC(=O)OCc1ccccc1)C(=O)Nc1ccc(S(=O)(=O)Nc2ncccn2)cc1. The summed E-state index contributed by atoms with van der Waals surface area (Å²) in [5.74, 6) is -0.544. The summed E-state index contributed by atoms with van der Waals surface area (Å²) in [6.07, 6.45) is 2.10. The third-order valence-corrected chi connectivity index (χ3v) is 5.51. The quantitative estimate of drug-likeness (QED) is 0.474. The summed E-state index contributed by atoms with van der Waals surface area (Å²) in [6.45, 7) is 1.58. The molecule has 11 heteroatoms. The van der Waals surface area contributed by atoms with E-state index in [2.05, 4.69) is 25.3 Å². The van der Waals surface area contributed by atoms with Crippen molar-refractivity contribution >= 4 is 33.7 Å². The second-order valence-corrected chi connectivity index (χ2v) is 8.30. The molecule has 0 radical (unpaired) electrons. The van der Waals surface area contributed by atoms with Crippen LogP contribution in [-0.2, 0) is 26.2 Å². The van der Waals surface area contributed by atoms with Gasteiger partial charge in [0.15, 0.2) is 0 Å². The molecule has 0 aliphatic rings. The fourth-order valence-corrected chi connectivity index (χ4v) is 3.46. The summed E-state index contributed by atoms with van der Waals surface area (Å²) in [5.41, 5.74) is 1.18. The zero-order valence-electron chi connectivity index (χ0n) is 17.1. The van der Waals surface area contributed by atoms with E-state index in [1.807, 2.05) is 30.3 Å². The third kappa shape index (κ3) is 6.51. The van der Waals surface area contributed by atoms with Crippen LogP contribution in [-0.4, -0.2) is 36.4 Å². The van der Waals surface area contributed by atoms with Crippen molar-refractivity contribution in [3.63, 3.8) is 0 Å². The number of nitrogens with one attached hydrogen (secondary N) is 3. The second-order valence-electron chi connectivity index (χ2n) is 6.62. The van der Waals surface area contributed by atoms with Crippen LogP contribution in [0.3, 0.4) is 0 Å². The maximum Gasteiger partial charge on any atom is 0.408 e. The number of aromatic nitrogens is 2. The van der Waals surface area contributed by atoms with Gasteiger partial charge in [-0.05, 0) is 42.8 Å². The number of sulfonamides is 1. The van der Waals surface area contributed by atoms with E-state index in [-0.39, 0.29) is 17.5 Å². The number of nitrogens with zero attached hydrogens (tertiary/aromatic N) is 2. The highest BCUT2D eigenvalue weighted by molar-refractivity contribution is 7.92. The number of benzene rings is 2. The lowest BCUT2D eigenvalue weighted by Crippen LogP contribution is -2.41. The minimum atomic E-state index is -3.88. The molecule has 1 heterocycles. The molecular weight excluding hydrogens is 434 g/mol. The molecule has 0 spiro atoms. The van der Waals surface area contributed by atoms with E-state index in [0.29, 0.717) is 5.69 Å². The van der Waals surface area contributed by atoms with E-state index in [1.165, 1.54) is 43.6 Å². The summed E-state index contributed by atoms with van der Waals surface area (Å²) in [6, 6.07) is 15.3. The first kappa shape index (κ1) is 22.7. The molecule has 0 unspecified atom stereocenters. The lowest BCUT2D eigenvalue weighted by molar-refractivity contribution is -0.117. The number of alkyl carbamates (subject to hydrolysis) is 1. The maximum absolute atomic E-state index is 12.4. The smallest absolute Gasteiger partial charge is 0.408 e. The number of carbonyl (C=O) groups is 2. The Hall–Kier alpha value is -3.99. The van der Waals surface area contributed by atoms with Gasteiger partial charge < -0.3 is 15.4 Å². The summed E-state index contributed by atoms with van der Waals surface area (Å²) < 4.78 is 32.1. The van der Waals surface area contributed by atoms with Crippen LogP contribution in [0.1, 0.15) is 12.5 Å². The Bertz CT molecular complexity index is 1160. The van der Waals surface area contributed by atoms with Crippen LogP contribution < -0.4 is 15.4 Å². The summed E-state index contributed by atoms with van der Waals surface area (Å²) >= 11 is 0. The molecule has 2 aromatic carbocycles. The number of anilines is 2. The van der Waals surface area contributed by atoms with Crippen molar-refractivity contribution in [2.45, 2.75) is 24.5 Å². The van der Waals surface area contributed by atoms with Crippen LogP contribution in [0.2, 0.25) is 0 Å². The predicted molar refractivity (Wildman–Crippen MR) is 117 cm³/mol. The fraction of sp³-hybridized carbons (Fsp3) is 0.143. The van der Waals surface area contributed by atoms with Crippen LogP contribution in [0.5, 0.6) is 0 Å². The Balaban J connectivity index is 1.51. The second kappa shape index (κ2) is 10.4. The lowest BCUT2D eigenvalue weighted by atomic mass is 10.2. The van der Waals surface area contributed by atoms with E-state index in [4.69, 9.17) is 4.74 Å². The van der Waals surface area contributed by atoms with Gasteiger partial charge in [-0.25, -0.2) is 27.9 Å². The molecule has 10 nitrogen and oxygen atoms in total. The first-order chi connectivity index (χ1) is 15.3. The average molecular weight is 455 g/mol. The van der Waals surface area contributed by atoms with E-state index >= 15 is 0 Å². The number of rotatable bonds is 8. The average Bonchev–Trinajstić information content (AvgIpc) is 2.79. The van der Waals surface area contributed by atoms with Crippen molar-refractivity contribution in [1.82, 2.24) is 15.3 Å². The molecule has 32 heavy (non-hydrogen) atoms. The largest absolute Gasteiger partial charge is 0.445 e. The van der Waals surface area contributed by atoms with Gasteiger partial charge in [-0.2, -0.15) is 0 Å². The summed E-state index contributed by atoms with van der Waals surface area (Å²) in [7, 11) is -3.88. The molecule has 3 aromatic rings. The van der Waals surface area contributed by atoms with Gasteiger partial charge in [-0.1, -0.05) is 30.3 Å². The number of carbonyl (C=O) groups excluding carboxylic acids is 2. The van der Waals surface area contributed by atoms with Crippen LogP contribution in [0.25, 0.3) is 0 Å². The molecule has 0 saturated carbocycles. The molecule has 3 N–H and O–H groups in total. The Morgan fingerprint density at radius 3 is 2.28 bits per heavy atom. The van der Waals surface area contributed by atoms with Crippen LogP contribution >= 0.6 is 0 Å². The summed E-state index contributed by atoms with van der Waals surface area (Å²) in [5, 5.41) is 5.04. The number of hydrogen-bond acceptors (Lipinski definition) is 7. The lowest BCUT2D eigenvalue weighted by Gasteiger charge is -2.14. The monoisotopic (exact) mass is 455 g/mol. The van der Waals surface area contributed by atoms with E-state index in [1.54, 1.807) is 6.07 Å². The molecular formula is C21H21N5O5S. The first-order valence-corrected chi connectivity index (χ1v) is 11.0. The number of amides is 2. The van der Waals surface area contributed by atoms with Crippen molar-refractivity contribution in [2.75, 3.05) is 10.0 Å². The molecule has 0 bridgehead atoms. The van der Waals surface area contributed by atoms with Gasteiger partial charge in [-0.15, -0.1) is 0 Å². The van der Waals surface area contributed by atoms with Crippen molar-refractivity contribution in [1.29, 1.82) is 0 Å². The van der Waals surface area contributed by atoms with Crippen molar-refractivity contribution in [2.24, 2.45) is 0 Å². The maximum atomic E-state index is 12.4. The fourth-order valence-electron chi connectivity index (χ4n) is 2.51. The highest BCUT2D eigenvalue weighted by Gasteiger charge is 2.18. The van der Waals surface area contributed by atoms with Gasteiger partial charge in [0.05, 0.1) is 4.90 Å². The van der Waals surface area contributed by atoms with Crippen LogP contribution in [0.15, 0.2) is 78.0 Å². The molecule has 3 rings (SSSR count). The molecule has 0 aliphatic heterocycles. The Labute approximate surface area is 185 Å². The van der Waals surface area contributed by atoms with Crippen molar-refractivity contribution < 1.29 is 22.7 Å². The molecule has 0 fully saturated rings. The summed E-state index contributed by atoms with van der Waals surface area (Å²) in [4.78, 5) is 31.8. The normalized spacial score (nSPS) is 11.8. The van der Waals surface area contributed by atoms with E-state index in [0.717, 1.165) is 5.56 Å². The van der Waals surface area contributed by atoms with Crippen molar-refractivity contribution in [3.05, 3.63) is 78.6 Å². The molecule has 0 saturated heterocycles. The minimum Gasteiger partial charge on any atom is -0.445 e. The number of ether oxygens (including phenoxy) is 1. The molecule has 1 atom stereocenters. The molecule has 166 valence electrons. The minimum absolute atomic E-state index is 0.0291. The zero-order valence-corrected chi connectivity index (χ0v) is 17.9. The first-order valence-electron chi connectivity index (χ1n) is 9.51. The highest BCUT2D eigenvalue weighted by atomic mass is 32.2. The van der Waals surface area contributed by atoms with Gasteiger partial charge in [0.25, 0.3) is 10.0 Å². The Morgan fingerprint density at radius 2 is 1.62 bits per heavy atom. The number of hydrogen-bond donors (Lipinski definition) is 3. The van der Waals surface area contributed by atoms with Crippen LogP contribution in [0, 0.1) is 0 Å². The predicted octanol–water partition coefficient (Wildman–Crippen LogP) is 2.53. The third-order valence-electron chi connectivity index (χ3n) is 4.16. The van der Waals surface area contributed by atoms with Crippen LogP contribution in [0.4, 0.5) is 16.4 Å². The van der Waals surface area contributed by atoms with Gasteiger partial charge >= 0.3 is 6.09 Å². The Morgan fingerprint density at radius 1 is 0.969 bits per heavy atom. The van der Waals surface area contributed by atoms with Gasteiger partial charge in [0.1, 0.15) is 12.6 Å². The molecule has 2 amide bonds. The van der Waals surface area contributed by atoms with Gasteiger partial charge in [-0.3, -0.25) is 4.79 Å². The molecule has 1 aromatic heterocycles. The van der Waals surface area contributed by atoms with Gasteiger partial charge in [0, 0.05) is 18.1 Å². The zero-order chi connectivity index (χ0) is 23.0.